The van der Waals surface area contributed by atoms with Crippen molar-refractivity contribution in [3.63, 3.8) is 0 Å². The molecular weight excluding hydrogens is 374 g/mol. The van der Waals surface area contributed by atoms with E-state index in [9.17, 15) is 4.79 Å². The predicted octanol–water partition coefficient (Wildman–Crippen LogP) is 3.75. The van der Waals surface area contributed by atoms with Crippen molar-refractivity contribution in [2.24, 2.45) is 0 Å². The second-order valence-electron chi connectivity index (χ2n) is 6.38. The van der Waals surface area contributed by atoms with E-state index in [-0.39, 0.29) is 5.78 Å². The molecule has 0 fully saturated rings. The zero-order chi connectivity index (χ0) is 19.9. The number of aromatic nitrogens is 5. The molecule has 0 aliphatic heterocycles. The zero-order valence-electron chi connectivity index (χ0n) is 16.1. The van der Waals surface area contributed by atoms with Gasteiger partial charge in [0.2, 0.25) is 11.9 Å². The summed E-state index contributed by atoms with van der Waals surface area (Å²) < 4.78 is 0. The fourth-order valence-corrected chi connectivity index (χ4v) is 3.19. The highest BCUT2D eigenvalue weighted by Crippen LogP contribution is 2.27. The van der Waals surface area contributed by atoms with Crippen LogP contribution < -0.4 is 10.6 Å². The average molecular weight is 398 g/mol. The summed E-state index contributed by atoms with van der Waals surface area (Å²) in [4.78, 5) is 25.6. The monoisotopic (exact) mass is 397 g/mol. The number of hydrogen-bond acceptors (Lipinski definition) is 8. The molecule has 3 N–H and O–H groups in total. The Morgan fingerprint density at radius 1 is 1.14 bits per heavy atom. The molecule has 0 aliphatic carbocycles. The number of H-pyrrole nitrogens is 1. The van der Waals surface area contributed by atoms with E-state index in [1.54, 1.807) is 6.92 Å². The van der Waals surface area contributed by atoms with E-state index in [0.717, 1.165) is 29.1 Å². The third-order valence-electron chi connectivity index (χ3n) is 3.68. The van der Waals surface area contributed by atoms with Crippen LogP contribution in [0.2, 0.25) is 0 Å². The summed E-state index contributed by atoms with van der Waals surface area (Å²) in [6.07, 6.45) is 1.41. The van der Waals surface area contributed by atoms with Crippen molar-refractivity contribution in [2.75, 3.05) is 17.2 Å². The predicted molar refractivity (Wildman–Crippen MR) is 110 cm³/mol. The first-order valence-electron chi connectivity index (χ1n) is 9.07. The van der Waals surface area contributed by atoms with Gasteiger partial charge in [-0.3, -0.25) is 9.89 Å². The van der Waals surface area contributed by atoms with Crippen molar-refractivity contribution in [1.29, 1.82) is 0 Å². The van der Waals surface area contributed by atoms with Crippen LogP contribution in [0.5, 0.6) is 0 Å². The minimum Gasteiger partial charge on any atom is -0.354 e. The number of carbonyl (C=O) groups is 1. The third kappa shape index (κ3) is 5.78. The second-order valence-corrected chi connectivity index (χ2v) is 7.42. The fraction of sp³-hybridized carbons (Fsp3) is 0.316. The molecule has 8 nitrogen and oxygen atoms in total. The number of ketones is 1. The molecule has 1 aromatic carbocycles. The van der Waals surface area contributed by atoms with Gasteiger partial charge in [-0.15, -0.1) is 0 Å². The van der Waals surface area contributed by atoms with E-state index in [1.165, 1.54) is 11.8 Å². The minimum absolute atomic E-state index is 0.147. The molecule has 0 saturated heterocycles. The van der Waals surface area contributed by atoms with Gasteiger partial charge in [0.1, 0.15) is 5.78 Å². The first-order chi connectivity index (χ1) is 13.5. The smallest absolute Gasteiger partial charge is 0.234 e. The highest BCUT2D eigenvalue weighted by molar-refractivity contribution is 7.99. The summed E-state index contributed by atoms with van der Waals surface area (Å²) in [5.74, 6) is 1.74. The van der Waals surface area contributed by atoms with Gasteiger partial charge in [0.25, 0.3) is 0 Å². The molecule has 0 amide bonds. The molecule has 28 heavy (non-hydrogen) atoms. The Morgan fingerprint density at radius 3 is 2.54 bits per heavy atom. The molecule has 0 unspecified atom stereocenters. The largest absolute Gasteiger partial charge is 0.354 e. The fourth-order valence-electron chi connectivity index (χ4n) is 2.44. The molecule has 146 valence electrons. The number of benzene rings is 1. The quantitative estimate of drug-likeness (QED) is 0.501. The van der Waals surface area contributed by atoms with E-state index in [0.29, 0.717) is 29.3 Å². The summed E-state index contributed by atoms with van der Waals surface area (Å²) in [6, 6.07) is 9.72. The van der Waals surface area contributed by atoms with Crippen LogP contribution in [-0.2, 0) is 11.2 Å². The lowest BCUT2D eigenvalue weighted by molar-refractivity contribution is -0.116. The zero-order valence-corrected chi connectivity index (χ0v) is 16.9. The lowest BCUT2D eigenvalue weighted by Crippen LogP contribution is -2.08. The molecule has 0 saturated carbocycles. The topological polar surface area (TPSA) is 108 Å². The number of rotatable bonds is 9. The Bertz CT molecular complexity index is 940. The van der Waals surface area contributed by atoms with Crippen LogP contribution in [0.3, 0.4) is 0 Å². The normalized spacial score (nSPS) is 10.7. The van der Waals surface area contributed by atoms with Gasteiger partial charge < -0.3 is 10.6 Å². The first kappa shape index (κ1) is 19.8. The maximum absolute atomic E-state index is 11.2. The Kier molecular flexibility index (Phi) is 6.59. The van der Waals surface area contributed by atoms with Gasteiger partial charge >= 0.3 is 0 Å². The SMILES string of the molecule is CCCNc1nc(Nc2cc(C)[nH]n2)nc(Sc2ccc(CC(C)=O)cc2)n1. The number of nitrogens with one attached hydrogen (secondary N) is 3. The summed E-state index contributed by atoms with van der Waals surface area (Å²) in [5, 5.41) is 13.9. The lowest BCUT2D eigenvalue weighted by Gasteiger charge is -2.09. The van der Waals surface area contributed by atoms with E-state index in [4.69, 9.17) is 0 Å². The van der Waals surface area contributed by atoms with Gasteiger partial charge in [0, 0.05) is 29.6 Å². The number of aromatic amines is 1. The maximum Gasteiger partial charge on any atom is 0.234 e. The molecule has 0 radical (unpaired) electrons. The third-order valence-corrected chi connectivity index (χ3v) is 4.55. The Labute approximate surface area is 168 Å². The summed E-state index contributed by atoms with van der Waals surface area (Å²) in [5.41, 5.74) is 1.94. The van der Waals surface area contributed by atoms with E-state index >= 15 is 0 Å². The van der Waals surface area contributed by atoms with Gasteiger partial charge in [0.05, 0.1) is 0 Å². The molecule has 0 spiro atoms. The van der Waals surface area contributed by atoms with Gasteiger partial charge in [-0.2, -0.15) is 20.1 Å². The molecule has 9 heteroatoms. The van der Waals surface area contributed by atoms with Crippen LogP contribution in [0, 0.1) is 6.92 Å². The number of carbonyl (C=O) groups excluding carboxylic acids is 1. The van der Waals surface area contributed by atoms with Gasteiger partial charge in [0.15, 0.2) is 11.0 Å². The lowest BCUT2D eigenvalue weighted by atomic mass is 10.1. The molecule has 0 bridgehead atoms. The minimum atomic E-state index is 0.147. The summed E-state index contributed by atoms with van der Waals surface area (Å²) in [6.45, 7) is 6.37. The molecule has 0 aliphatic rings. The van der Waals surface area contributed by atoms with Gasteiger partial charge in [-0.1, -0.05) is 19.1 Å². The number of Topliss-reactive ketones (excluding diaryl/α,β-unsaturated/α-hetero) is 1. The van der Waals surface area contributed by atoms with Crippen LogP contribution in [0.1, 0.15) is 31.5 Å². The first-order valence-corrected chi connectivity index (χ1v) is 9.88. The van der Waals surface area contributed by atoms with Crippen molar-refractivity contribution in [3.05, 3.63) is 41.6 Å². The molecule has 0 atom stereocenters. The standard InChI is InChI=1S/C19H23N7OS/c1-4-9-20-17-22-18(21-16-10-12(2)25-26-16)24-19(23-17)28-15-7-5-14(6-8-15)11-13(3)27/h5-8,10H,4,9,11H2,1-3H3,(H3,20,21,22,23,24,25,26). The van der Waals surface area contributed by atoms with Crippen molar-refractivity contribution in [1.82, 2.24) is 25.1 Å². The Balaban J connectivity index is 1.79. The number of anilines is 3. The van der Waals surface area contributed by atoms with Crippen molar-refractivity contribution < 1.29 is 4.79 Å². The highest BCUT2D eigenvalue weighted by atomic mass is 32.2. The van der Waals surface area contributed by atoms with Crippen molar-refractivity contribution >= 4 is 35.3 Å². The van der Waals surface area contributed by atoms with Crippen LogP contribution >= 0.6 is 11.8 Å². The van der Waals surface area contributed by atoms with Crippen LogP contribution in [0.4, 0.5) is 17.7 Å². The molecule has 3 rings (SSSR count). The van der Waals surface area contributed by atoms with Crippen molar-refractivity contribution in [3.8, 4) is 0 Å². The van der Waals surface area contributed by atoms with Gasteiger partial charge in [-0.05, 0) is 49.7 Å². The Hall–Kier alpha value is -2.94. The van der Waals surface area contributed by atoms with E-state index < -0.39 is 0 Å². The Morgan fingerprint density at radius 2 is 1.89 bits per heavy atom. The van der Waals surface area contributed by atoms with Crippen LogP contribution in [0.15, 0.2) is 40.4 Å². The molecule has 2 heterocycles. The van der Waals surface area contributed by atoms with Crippen LogP contribution in [0.25, 0.3) is 0 Å². The average Bonchev–Trinajstić information content (AvgIpc) is 3.06. The van der Waals surface area contributed by atoms with E-state index in [2.05, 4.69) is 42.7 Å². The molecular formula is C19H23N7OS. The highest BCUT2D eigenvalue weighted by Gasteiger charge is 2.10. The van der Waals surface area contributed by atoms with E-state index in [1.807, 2.05) is 37.3 Å². The summed E-state index contributed by atoms with van der Waals surface area (Å²) >= 11 is 1.44. The molecule has 2 aromatic heterocycles. The number of nitrogens with zero attached hydrogens (tertiary/aromatic N) is 4. The molecule has 3 aromatic rings. The van der Waals surface area contributed by atoms with Crippen molar-refractivity contribution in [2.45, 2.75) is 43.7 Å². The summed E-state index contributed by atoms with van der Waals surface area (Å²) in [7, 11) is 0. The number of aryl methyl sites for hydroxylation is 1. The second kappa shape index (κ2) is 9.32. The van der Waals surface area contributed by atoms with Gasteiger partial charge in [-0.25, -0.2) is 0 Å². The number of hydrogen-bond donors (Lipinski definition) is 3. The van der Waals surface area contributed by atoms with Crippen LogP contribution in [-0.4, -0.2) is 37.5 Å². The maximum atomic E-state index is 11.2.